The lowest BCUT2D eigenvalue weighted by molar-refractivity contribution is -0.387. The highest BCUT2D eigenvalue weighted by Crippen LogP contribution is 2.28. The first-order chi connectivity index (χ1) is 8.14. The third-order valence-electron chi connectivity index (χ3n) is 2.45. The molecule has 0 aliphatic heterocycles. The van der Waals surface area contributed by atoms with E-state index in [1.54, 1.807) is 0 Å². The predicted molar refractivity (Wildman–Crippen MR) is 62.3 cm³/mol. The number of sulfone groups is 1. The molecule has 0 saturated carbocycles. The minimum Gasteiger partial charge on any atom is -0.481 e. The second-order valence-electron chi connectivity index (χ2n) is 3.82. The molecule has 0 amide bonds. The Hall–Kier alpha value is -1.96. The average Bonchev–Trinajstić information content (AvgIpc) is 2.25. The lowest BCUT2D eigenvalue weighted by Crippen LogP contribution is -2.09. The number of hydrogen-bond donors (Lipinski definition) is 1. The largest absolute Gasteiger partial charge is 0.481 e. The molecule has 1 atom stereocenters. The number of nitro benzene ring substituents is 1. The number of carboxylic acids is 1. The fourth-order valence-electron chi connectivity index (χ4n) is 1.40. The van der Waals surface area contributed by atoms with Crippen molar-refractivity contribution in [3.63, 3.8) is 0 Å². The molecule has 0 spiro atoms. The minimum atomic E-state index is -3.73. The normalized spacial score (nSPS) is 13.0. The molecule has 0 bridgehead atoms. The van der Waals surface area contributed by atoms with E-state index in [-0.39, 0.29) is 5.56 Å². The number of rotatable bonds is 4. The number of carboxylic acid groups (broad SMARTS) is 1. The number of hydrogen-bond acceptors (Lipinski definition) is 5. The summed E-state index contributed by atoms with van der Waals surface area (Å²) in [6, 6.07) is 3.31. The maximum Gasteiger partial charge on any atom is 0.310 e. The standard InChI is InChI=1S/C10H11NO6S/c1-6(10(12)13)7-3-4-9(18(2,16)17)8(5-7)11(14)15/h3-6H,1-2H3,(H,12,13). The van der Waals surface area contributed by atoms with E-state index in [2.05, 4.69) is 0 Å². The van der Waals surface area contributed by atoms with Crippen LogP contribution in [-0.4, -0.2) is 30.7 Å². The SMILES string of the molecule is CC(C(=O)O)c1ccc(S(C)(=O)=O)c([N+](=O)[O-])c1. The zero-order chi connectivity index (χ0) is 14.1. The van der Waals surface area contributed by atoms with Crippen LogP contribution in [0.2, 0.25) is 0 Å². The summed E-state index contributed by atoms with van der Waals surface area (Å²) in [7, 11) is -3.73. The van der Waals surface area contributed by atoms with Gasteiger partial charge in [-0.15, -0.1) is 0 Å². The smallest absolute Gasteiger partial charge is 0.310 e. The molecule has 1 aromatic carbocycles. The fourth-order valence-corrected chi connectivity index (χ4v) is 2.23. The van der Waals surface area contributed by atoms with Gasteiger partial charge in [0.2, 0.25) is 0 Å². The highest BCUT2D eigenvalue weighted by atomic mass is 32.2. The molecule has 0 aliphatic rings. The van der Waals surface area contributed by atoms with E-state index >= 15 is 0 Å². The van der Waals surface area contributed by atoms with Gasteiger partial charge in [0.25, 0.3) is 5.69 Å². The molecule has 0 saturated heterocycles. The Morgan fingerprint density at radius 3 is 2.39 bits per heavy atom. The summed E-state index contributed by atoms with van der Waals surface area (Å²) in [6.07, 6.45) is 0.857. The van der Waals surface area contributed by atoms with Gasteiger partial charge in [-0.05, 0) is 18.6 Å². The van der Waals surface area contributed by atoms with Gasteiger partial charge in [-0.1, -0.05) is 6.07 Å². The molecule has 8 heteroatoms. The summed E-state index contributed by atoms with van der Waals surface area (Å²) in [5.74, 6) is -2.09. The van der Waals surface area contributed by atoms with Crippen LogP contribution in [-0.2, 0) is 14.6 Å². The van der Waals surface area contributed by atoms with Gasteiger partial charge >= 0.3 is 5.97 Å². The first kappa shape index (κ1) is 14.1. The second kappa shape index (κ2) is 4.73. The van der Waals surface area contributed by atoms with Crippen LogP contribution in [0.25, 0.3) is 0 Å². The van der Waals surface area contributed by atoms with E-state index in [0.29, 0.717) is 0 Å². The maximum atomic E-state index is 11.4. The van der Waals surface area contributed by atoms with Gasteiger partial charge in [0.15, 0.2) is 9.84 Å². The quantitative estimate of drug-likeness (QED) is 0.650. The summed E-state index contributed by atoms with van der Waals surface area (Å²) < 4.78 is 22.7. The summed E-state index contributed by atoms with van der Waals surface area (Å²) in [5.41, 5.74) is -0.426. The monoisotopic (exact) mass is 273 g/mol. The van der Waals surface area contributed by atoms with Crippen LogP contribution in [0.15, 0.2) is 23.1 Å². The topological polar surface area (TPSA) is 115 Å². The summed E-state index contributed by atoms with van der Waals surface area (Å²) in [6.45, 7) is 1.36. The summed E-state index contributed by atoms with van der Waals surface area (Å²) in [5, 5.41) is 19.6. The molecule has 18 heavy (non-hydrogen) atoms. The van der Waals surface area contributed by atoms with Crippen molar-refractivity contribution in [3.05, 3.63) is 33.9 Å². The average molecular weight is 273 g/mol. The molecule has 98 valence electrons. The lowest BCUT2D eigenvalue weighted by Gasteiger charge is -2.08. The molecule has 1 aromatic rings. The van der Waals surface area contributed by atoms with Crippen LogP contribution in [0.1, 0.15) is 18.4 Å². The Bertz CT molecular complexity index is 607. The number of aliphatic carboxylic acids is 1. The van der Waals surface area contributed by atoms with Crippen molar-refractivity contribution < 1.29 is 23.2 Å². The number of benzene rings is 1. The van der Waals surface area contributed by atoms with Crippen LogP contribution >= 0.6 is 0 Å². The third kappa shape index (κ3) is 2.83. The molecule has 1 N–H and O–H groups in total. The van der Waals surface area contributed by atoms with Gasteiger partial charge in [0.05, 0.1) is 10.8 Å². The Kier molecular flexibility index (Phi) is 3.70. The summed E-state index contributed by atoms with van der Waals surface area (Å²) in [4.78, 5) is 20.3. The van der Waals surface area contributed by atoms with Gasteiger partial charge in [0.1, 0.15) is 4.90 Å². The zero-order valence-corrected chi connectivity index (χ0v) is 10.5. The molecular formula is C10H11NO6S. The number of nitro groups is 1. The van der Waals surface area contributed by atoms with Gasteiger partial charge in [-0.3, -0.25) is 14.9 Å². The Morgan fingerprint density at radius 1 is 1.44 bits per heavy atom. The Morgan fingerprint density at radius 2 is 2.00 bits per heavy atom. The van der Waals surface area contributed by atoms with Gasteiger partial charge in [0, 0.05) is 12.3 Å². The van der Waals surface area contributed by atoms with Crippen molar-refractivity contribution in [1.29, 1.82) is 0 Å². The zero-order valence-electron chi connectivity index (χ0n) is 9.65. The van der Waals surface area contributed by atoms with Crippen LogP contribution in [0.4, 0.5) is 5.69 Å². The van der Waals surface area contributed by atoms with Gasteiger partial charge in [-0.25, -0.2) is 8.42 Å². The maximum absolute atomic E-state index is 11.4. The Balaban J connectivity index is 3.47. The third-order valence-corrected chi connectivity index (χ3v) is 3.59. The molecule has 0 radical (unpaired) electrons. The number of nitrogens with zero attached hydrogens (tertiary/aromatic N) is 1. The summed E-state index contributed by atoms with van der Waals surface area (Å²) >= 11 is 0. The van der Waals surface area contributed by atoms with Crippen molar-refractivity contribution in [1.82, 2.24) is 0 Å². The number of carbonyl (C=O) groups is 1. The van der Waals surface area contributed by atoms with Crippen LogP contribution in [0, 0.1) is 10.1 Å². The first-order valence-electron chi connectivity index (χ1n) is 4.85. The molecular weight excluding hydrogens is 262 g/mol. The van der Waals surface area contributed by atoms with E-state index in [9.17, 15) is 23.3 Å². The van der Waals surface area contributed by atoms with Crippen LogP contribution in [0.5, 0.6) is 0 Å². The molecule has 0 aliphatic carbocycles. The van der Waals surface area contributed by atoms with Crippen LogP contribution in [0.3, 0.4) is 0 Å². The highest BCUT2D eigenvalue weighted by molar-refractivity contribution is 7.90. The molecule has 7 nitrogen and oxygen atoms in total. The second-order valence-corrected chi connectivity index (χ2v) is 5.80. The van der Waals surface area contributed by atoms with Gasteiger partial charge in [-0.2, -0.15) is 0 Å². The fraction of sp³-hybridized carbons (Fsp3) is 0.300. The van der Waals surface area contributed by atoms with E-state index in [1.807, 2.05) is 0 Å². The van der Waals surface area contributed by atoms with Crippen LogP contribution < -0.4 is 0 Å². The van der Waals surface area contributed by atoms with E-state index in [0.717, 1.165) is 18.4 Å². The molecule has 1 unspecified atom stereocenters. The predicted octanol–water partition coefficient (Wildman–Crippen LogP) is 1.19. The Labute approximate surface area is 103 Å². The van der Waals surface area contributed by atoms with Crippen molar-refractivity contribution >= 4 is 21.5 Å². The molecule has 1 rings (SSSR count). The highest BCUT2D eigenvalue weighted by Gasteiger charge is 2.25. The van der Waals surface area contributed by atoms with Crippen molar-refractivity contribution in [2.75, 3.05) is 6.26 Å². The van der Waals surface area contributed by atoms with Crippen molar-refractivity contribution in [2.45, 2.75) is 17.7 Å². The van der Waals surface area contributed by atoms with E-state index in [4.69, 9.17) is 5.11 Å². The van der Waals surface area contributed by atoms with Crippen molar-refractivity contribution in [3.8, 4) is 0 Å². The minimum absolute atomic E-state index is 0.182. The van der Waals surface area contributed by atoms with Crippen molar-refractivity contribution in [2.24, 2.45) is 0 Å². The molecule has 0 aromatic heterocycles. The van der Waals surface area contributed by atoms with E-state index in [1.165, 1.54) is 13.0 Å². The van der Waals surface area contributed by atoms with E-state index < -0.39 is 37.2 Å². The first-order valence-corrected chi connectivity index (χ1v) is 6.75. The molecule has 0 fully saturated rings. The lowest BCUT2D eigenvalue weighted by atomic mass is 10.0. The van der Waals surface area contributed by atoms with Gasteiger partial charge < -0.3 is 5.11 Å². The molecule has 0 heterocycles.